The molecule has 0 aliphatic carbocycles. The standard InChI is InChI=1S/C17H23N5O3.ClH/c1-2-3-4-15(19)16(23)21-17(7-8-20-11-17)14-6-5-13(22(24)25)9-12(14)10-18;/h5-6,9,15,20H,2-4,7-8,11,19H2,1H3,(H,21,23);1H/t15-,17+;/m0./s1. The Morgan fingerprint density at radius 2 is 2.31 bits per heavy atom. The maximum atomic E-state index is 12.5. The van der Waals surface area contributed by atoms with Gasteiger partial charge in [-0.15, -0.1) is 12.4 Å². The SMILES string of the molecule is CCCC[C@H](N)C(=O)N[C@]1(c2ccc([N+](=O)[O-])cc2C#N)CCNC1.Cl. The van der Waals surface area contributed by atoms with Crippen LogP contribution in [0.25, 0.3) is 0 Å². The molecule has 1 aliphatic heterocycles. The van der Waals surface area contributed by atoms with E-state index in [1.54, 1.807) is 6.07 Å². The van der Waals surface area contributed by atoms with E-state index in [9.17, 15) is 20.2 Å². The van der Waals surface area contributed by atoms with Crippen LogP contribution >= 0.6 is 12.4 Å². The number of carbonyl (C=O) groups excluding carboxylic acids is 1. The van der Waals surface area contributed by atoms with Gasteiger partial charge < -0.3 is 16.4 Å². The number of hydrogen-bond acceptors (Lipinski definition) is 6. The molecule has 1 aliphatic rings. The maximum absolute atomic E-state index is 12.5. The Hall–Kier alpha value is -2.21. The summed E-state index contributed by atoms with van der Waals surface area (Å²) in [6.07, 6.45) is 3.00. The minimum absolute atomic E-state index is 0. The van der Waals surface area contributed by atoms with E-state index in [1.807, 2.05) is 13.0 Å². The molecule has 9 heteroatoms. The smallest absolute Gasteiger partial charge is 0.270 e. The fourth-order valence-corrected chi connectivity index (χ4v) is 3.14. The minimum atomic E-state index is -0.777. The molecule has 2 rings (SSSR count). The van der Waals surface area contributed by atoms with Gasteiger partial charge in [0.1, 0.15) is 0 Å². The average molecular weight is 382 g/mol. The van der Waals surface area contributed by atoms with Crippen LogP contribution in [0.2, 0.25) is 0 Å². The number of amides is 1. The molecule has 26 heavy (non-hydrogen) atoms. The molecule has 0 radical (unpaired) electrons. The van der Waals surface area contributed by atoms with Gasteiger partial charge in [-0.25, -0.2) is 0 Å². The van der Waals surface area contributed by atoms with Crippen molar-refractivity contribution in [1.29, 1.82) is 5.26 Å². The first-order valence-electron chi connectivity index (χ1n) is 8.41. The van der Waals surface area contributed by atoms with Gasteiger partial charge in [0.2, 0.25) is 5.91 Å². The number of halogens is 1. The Balaban J connectivity index is 0.00000338. The molecule has 0 spiro atoms. The first-order valence-corrected chi connectivity index (χ1v) is 8.41. The molecule has 0 aromatic heterocycles. The van der Waals surface area contributed by atoms with E-state index in [-0.39, 0.29) is 29.6 Å². The molecule has 142 valence electrons. The third-order valence-electron chi connectivity index (χ3n) is 4.57. The highest BCUT2D eigenvalue weighted by atomic mass is 35.5. The number of non-ortho nitro benzene ring substituents is 1. The number of nitrogens with one attached hydrogen (secondary N) is 2. The van der Waals surface area contributed by atoms with Gasteiger partial charge in [0.15, 0.2) is 0 Å². The molecule has 1 fully saturated rings. The van der Waals surface area contributed by atoms with E-state index >= 15 is 0 Å². The summed E-state index contributed by atoms with van der Waals surface area (Å²) in [5.74, 6) is -0.264. The Morgan fingerprint density at radius 1 is 1.58 bits per heavy atom. The fraction of sp³-hybridized carbons (Fsp3) is 0.529. The van der Waals surface area contributed by atoms with Crippen molar-refractivity contribution in [2.24, 2.45) is 5.73 Å². The van der Waals surface area contributed by atoms with Gasteiger partial charge in [0.05, 0.1) is 28.1 Å². The number of unbranched alkanes of at least 4 members (excludes halogenated alkanes) is 1. The van der Waals surface area contributed by atoms with E-state index in [1.165, 1.54) is 12.1 Å². The summed E-state index contributed by atoms with van der Waals surface area (Å²) < 4.78 is 0. The maximum Gasteiger partial charge on any atom is 0.270 e. The van der Waals surface area contributed by atoms with Crippen LogP contribution in [0.1, 0.15) is 43.7 Å². The number of nitrogens with two attached hydrogens (primary N) is 1. The number of nitriles is 1. The van der Waals surface area contributed by atoms with Crippen molar-refractivity contribution in [2.45, 2.75) is 44.2 Å². The highest BCUT2D eigenvalue weighted by Gasteiger charge is 2.40. The Morgan fingerprint density at radius 3 is 2.85 bits per heavy atom. The van der Waals surface area contributed by atoms with Crippen molar-refractivity contribution < 1.29 is 9.72 Å². The highest BCUT2D eigenvalue weighted by Crippen LogP contribution is 2.32. The zero-order valence-corrected chi connectivity index (χ0v) is 15.5. The predicted molar refractivity (Wildman–Crippen MR) is 99.9 cm³/mol. The minimum Gasteiger partial charge on any atom is -0.344 e. The van der Waals surface area contributed by atoms with Gasteiger partial charge >= 0.3 is 0 Å². The lowest BCUT2D eigenvalue weighted by Crippen LogP contribution is -2.53. The first-order chi connectivity index (χ1) is 11.9. The Labute approximate surface area is 158 Å². The second kappa shape index (κ2) is 9.48. The van der Waals surface area contributed by atoms with E-state index in [4.69, 9.17) is 5.73 Å². The molecule has 1 aromatic carbocycles. The lowest BCUT2D eigenvalue weighted by Gasteiger charge is -2.32. The summed E-state index contributed by atoms with van der Waals surface area (Å²) in [7, 11) is 0. The third-order valence-corrected chi connectivity index (χ3v) is 4.57. The topological polar surface area (TPSA) is 134 Å². The molecule has 2 atom stereocenters. The number of benzene rings is 1. The molecule has 8 nitrogen and oxygen atoms in total. The number of nitro benzene ring substituents is 1. The monoisotopic (exact) mass is 381 g/mol. The van der Waals surface area contributed by atoms with Crippen LogP contribution in [0, 0.1) is 21.4 Å². The van der Waals surface area contributed by atoms with Crippen LogP contribution in [0.4, 0.5) is 5.69 Å². The molecule has 1 amide bonds. The van der Waals surface area contributed by atoms with Gasteiger partial charge in [-0.1, -0.05) is 19.8 Å². The fourth-order valence-electron chi connectivity index (χ4n) is 3.14. The van der Waals surface area contributed by atoms with Gasteiger partial charge in [-0.3, -0.25) is 14.9 Å². The van der Waals surface area contributed by atoms with Gasteiger partial charge in [0, 0.05) is 18.7 Å². The van der Waals surface area contributed by atoms with Crippen LogP contribution in [0.15, 0.2) is 18.2 Å². The molecule has 0 unspecified atom stereocenters. The number of nitrogens with zero attached hydrogens (tertiary/aromatic N) is 2. The average Bonchev–Trinajstić information content (AvgIpc) is 3.08. The van der Waals surface area contributed by atoms with Crippen LogP contribution in [-0.4, -0.2) is 30.0 Å². The lowest BCUT2D eigenvalue weighted by atomic mass is 9.85. The predicted octanol–water partition coefficient (Wildman–Crippen LogP) is 1.71. The molecular weight excluding hydrogens is 358 g/mol. The third kappa shape index (κ3) is 4.69. The summed E-state index contributed by atoms with van der Waals surface area (Å²) in [6.45, 7) is 3.15. The molecule has 1 aromatic rings. The van der Waals surface area contributed by atoms with E-state index in [0.717, 1.165) is 12.8 Å². The number of hydrogen-bond donors (Lipinski definition) is 3. The second-order valence-electron chi connectivity index (χ2n) is 6.35. The van der Waals surface area contributed by atoms with Crippen LogP contribution in [0.5, 0.6) is 0 Å². The van der Waals surface area contributed by atoms with Crippen molar-refractivity contribution >= 4 is 24.0 Å². The summed E-state index contributed by atoms with van der Waals surface area (Å²) in [5.41, 5.74) is 5.82. The zero-order chi connectivity index (χ0) is 18.4. The van der Waals surface area contributed by atoms with E-state index < -0.39 is 16.5 Å². The van der Waals surface area contributed by atoms with Gasteiger partial charge in [-0.2, -0.15) is 5.26 Å². The number of rotatable bonds is 7. The van der Waals surface area contributed by atoms with Crippen molar-refractivity contribution in [3.05, 3.63) is 39.4 Å². The van der Waals surface area contributed by atoms with Crippen molar-refractivity contribution in [2.75, 3.05) is 13.1 Å². The van der Waals surface area contributed by atoms with Crippen molar-refractivity contribution in [3.63, 3.8) is 0 Å². The lowest BCUT2D eigenvalue weighted by molar-refractivity contribution is -0.384. The van der Waals surface area contributed by atoms with Crippen LogP contribution in [0.3, 0.4) is 0 Å². The van der Waals surface area contributed by atoms with E-state index in [0.29, 0.717) is 31.5 Å². The largest absolute Gasteiger partial charge is 0.344 e. The molecule has 1 heterocycles. The molecule has 0 bridgehead atoms. The summed E-state index contributed by atoms with van der Waals surface area (Å²) in [5, 5.41) is 26.6. The van der Waals surface area contributed by atoms with Crippen LogP contribution in [-0.2, 0) is 10.3 Å². The Kier molecular flexibility index (Phi) is 7.96. The number of carbonyl (C=O) groups is 1. The zero-order valence-electron chi connectivity index (χ0n) is 14.7. The molecule has 0 saturated carbocycles. The number of nitro groups is 1. The summed E-state index contributed by atoms with van der Waals surface area (Å²) in [4.78, 5) is 22.9. The first kappa shape index (κ1) is 21.8. The van der Waals surface area contributed by atoms with E-state index in [2.05, 4.69) is 10.6 Å². The second-order valence-corrected chi connectivity index (χ2v) is 6.35. The quantitative estimate of drug-likeness (QED) is 0.486. The summed E-state index contributed by atoms with van der Waals surface area (Å²) >= 11 is 0. The van der Waals surface area contributed by atoms with Gasteiger partial charge in [0.25, 0.3) is 5.69 Å². The molecular formula is C17H24ClN5O3. The Bertz CT molecular complexity index is 698. The van der Waals surface area contributed by atoms with Gasteiger partial charge in [-0.05, 0) is 31.0 Å². The van der Waals surface area contributed by atoms with Crippen molar-refractivity contribution in [3.8, 4) is 6.07 Å². The highest BCUT2D eigenvalue weighted by molar-refractivity contribution is 5.85. The summed E-state index contributed by atoms with van der Waals surface area (Å²) in [6, 6.07) is 5.57. The molecule has 4 N–H and O–H groups in total. The van der Waals surface area contributed by atoms with Crippen molar-refractivity contribution in [1.82, 2.24) is 10.6 Å². The normalized spacial score (nSPS) is 19.9. The molecule has 1 saturated heterocycles. The van der Waals surface area contributed by atoms with Crippen LogP contribution < -0.4 is 16.4 Å².